The summed E-state index contributed by atoms with van der Waals surface area (Å²) in [6.45, 7) is 6.97. The lowest BCUT2D eigenvalue weighted by molar-refractivity contribution is 0.0342. The first-order chi connectivity index (χ1) is 9.67. The Morgan fingerprint density at radius 1 is 1.00 bits per heavy atom. The first-order valence-electron chi connectivity index (χ1n) is 7.69. The van der Waals surface area contributed by atoms with Gasteiger partial charge in [0.25, 0.3) is 0 Å². The summed E-state index contributed by atoms with van der Waals surface area (Å²) in [5.74, 6) is 0. The summed E-state index contributed by atoms with van der Waals surface area (Å²) in [5.41, 5.74) is -1.30. The Hall–Kier alpha value is -0.870. The molecule has 1 aromatic rings. The molecule has 0 unspecified atom stereocenters. The second kappa shape index (κ2) is 6.93. The van der Waals surface area contributed by atoms with Gasteiger partial charge in [-0.15, -0.1) is 0 Å². The Morgan fingerprint density at radius 2 is 1.57 bits per heavy atom. The molecule has 1 rings (SSSR count). The van der Waals surface area contributed by atoms with E-state index in [9.17, 15) is 13.5 Å². The van der Waals surface area contributed by atoms with Gasteiger partial charge >= 0.3 is 0 Å². The van der Waals surface area contributed by atoms with Crippen molar-refractivity contribution in [3.05, 3.63) is 30.3 Å². The number of aliphatic hydroxyl groups is 1. The van der Waals surface area contributed by atoms with E-state index < -0.39 is 20.2 Å². The molecule has 0 aliphatic heterocycles. The van der Waals surface area contributed by atoms with Crippen LogP contribution in [0.4, 0.5) is 0 Å². The van der Waals surface area contributed by atoms with Crippen LogP contribution >= 0.6 is 0 Å². The fourth-order valence-corrected chi connectivity index (χ4v) is 4.62. The van der Waals surface area contributed by atoms with Crippen molar-refractivity contribution < 1.29 is 13.5 Å². The van der Waals surface area contributed by atoms with Crippen LogP contribution in [0.2, 0.25) is 0 Å². The van der Waals surface area contributed by atoms with Crippen molar-refractivity contribution in [1.82, 2.24) is 0 Å². The molecule has 0 aromatic heterocycles. The van der Waals surface area contributed by atoms with Crippen LogP contribution in [0.1, 0.15) is 59.8 Å². The minimum atomic E-state index is -3.60. The van der Waals surface area contributed by atoms with E-state index in [1.165, 1.54) is 0 Å². The summed E-state index contributed by atoms with van der Waals surface area (Å²) < 4.78 is 24.8. The van der Waals surface area contributed by atoms with Gasteiger partial charge in [-0.25, -0.2) is 8.42 Å². The van der Waals surface area contributed by atoms with Crippen LogP contribution in [0.25, 0.3) is 0 Å². The molecule has 0 amide bonds. The monoisotopic (exact) mass is 312 g/mol. The third-order valence-corrected chi connectivity index (χ3v) is 7.23. The van der Waals surface area contributed by atoms with Crippen LogP contribution < -0.4 is 0 Å². The highest BCUT2D eigenvalue weighted by Gasteiger charge is 2.50. The van der Waals surface area contributed by atoms with E-state index in [2.05, 4.69) is 6.92 Å². The zero-order valence-corrected chi connectivity index (χ0v) is 14.4. The topological polar surface area (TPSA) is 54.4 Å². The predicted octanol–water partition coefficient (Wildman–Crippen LogP) is 3.96. The zero-order chi connectivity index (χ0) is 16.1. The molecule has 0 heterocycles. The zero-order valence-electron chi connectivity index (χ0n) is 13.6. The lowest BCUT2D eigenvalue weighted by atomic mass is 9.87. The summed E-state index contributed by atoms with van der Waals surface area (Å²) in [5, 5.41) is 10.5. The maximum atomic E-state index is 13.0. The molecule has 1 N–H and O–H groups in total. The largest absolute Gasteiger partial charge is 0.389 e. The lowest BCUT2D eigenvalue weighted by Crippen LogP contribution is -2.53. The maximum absolute atomic E-state index is 13.0. The van der Waals surface area contributed by atoms with E-state index in [4.69, 9.17) is 0 Å². The van der Waals surface area contributed by atoms with E-state index >= 15 is 0 Å². The van der Waals surface area contributed by atoms with E-state index in [0.29, 0.717) is 6.42 Å². The van der Waals surface area contributed by atoms with Gasteiger partial charge in [0.1, 0.15) is 4.75 Å². The molecule has 4 heteroatoms. The van der Waals surface area contributed by atoms with E-state index in [1.54, 1.807) is 51.1 Å². The molecule has 0 saturated carbocycles. The fourth-order valence-electron chi connectivity index (χ4n) is 2.52. The van der Waals surface area contributed by atoms with Crippen LogP contribution in [-0.2, 0) is 9.84 Å². The Kier molecular flexibility index (Phi) is 6.00. The fraction of sp³-hybridized carbons (Fsp3) is 0.647. The third-order valence-electron chi connectivity index (χ3n) is 4.45. The molecule has 1 aromatic carbocycles. The smallest absolute Gasteiger partial charge is 0.186 e. The molecule has 120 valence electrons. The highest BCUT2D eigenvalue weighted by atomic mass is 32.2. The number of hydrogen-bond donors (Lipinski definition) is 1. The molecule has 0 aliphatic carbocycles. The number of benzene rings is 1. The Morgan fingerprint density at radius 3 is 2.05 bits per heavy atom. The van der Waals surface area contributed by atoms with Crippen LogP contribution in [0.15, 0.2) is 35.2 Å². The number of hydrogen-bond acceptors (Lipinski definition) is 3. The molecule has 3 nitrogen and oxygen atoms in total. The van der Waals surface area contributed by atoms with Gasteiger partial charge in [-0.1, -0.05) is 50.8 Å². The van der Waals surface area contributed by atoms with Crippen molar-refractivity contribution in [3.63, 3.8) is 0 Å². The van der Waals surface area contributed by atoms with Crippen LogP contribution in [0.5, 0.6) is 0 Å². The van der Waals surface area contributed by atoms with Crippen molar-refractivity contribution in [2.75, 3.05) is 0 Å². The molecule has 0 bridgehead atoms. The minimum Gasteiger partial charge on any atom is -0.389 e. The van der Waals surface area contributed by atoms with Gasteiger partial charge in [-0.2, -0.15) is 0 Å². The molecule has 0 radical (unpaired) electrons. The summed E-state index contributed by atoms with van der Waals surface area (Å²) in [7, 11) is -3.60. The summed E-state index contributed by atoms with van der Waals surface area (Å²) in [4.78, 5) is 0.283. The highest BCUT2D eigenvalue weighted by Crippen LogP contribution is 2.39. The Balaban J connectivity index is 3.13. The second-order valence-corrected chi connectivity index (χ2v) is 8.80. The standard InChI is InChI=1S/C17H28O3S/c1-5-6-7-11-14-17(4,16(2,3)18)21(19,20)15-12-9-8-10-13-15/h8-10,12-13,18H,5-7,11,14H2,1-4H3/t17-/m0/s1. The van der Waals surface area contributed by atoms with Crippen molar-refractivity contribution in [3.8, 4) is 0 Å². The van der Waals surface area contributed by atoms with Gasteiger partial charge in [-0.3, -0.25) is 0 Å². The minimum absolute atomic E-state index is 0.283. The van der Waals surface area contributed by atoms with Crippen molar-refractivity contribution in [1.29, 1.82) is 0 Å². The molecule has 0 saturated heterocycles. The van der Waals surface area contributed by atoms with Gasteiger partial charge in [-0.05, 0) is 39.3 Å². The molecular formula is C17H28O3S. The highest BCUT2D eigenvalue weighted by molar-refractivity contribution is 7.93. The molecule has 21 heavy (non-hydrogen) atoms. The number of sulfone groups is 1. The molecule has 1 atom stereocenters. The van der Waals surface area contributed by atoms with E-state index in [0.717, 1.165) is 25.7 Å². The summed E-state index contributed by atoms with van der Waals surface area (Å²) in [6.07, 6.45) is 4.46. The van der Waals surface area contributed by atoms with Gasteiger partial charge in [0, 0.05) is 0 Å². The van der Waals surface area contributed by atoms with Crippen molar-refractivity contribution >= 4 is 9.84 Å². The second-order valence-electron chi connectivity index (χ2n) is 6.42. The van der Waals surface area contributed by atoms with Gasteiger partial charge < -0.3 is 5.11 Å². The van der Waals surface area contributed by atoms with Crippen molar-refractivity contribution in [2.24, 2.45) is 0 Å². The SMILES string of the molecule is CCCCCC[C@@](C)(C(C)(C)O)S(=O)(=O)c1ccccc1. The van der Waals surface area contributed by atoms with E-state index in [1.807, 2.05) is 0 Å². The van der Waals surface area contributed by atoms with Crippen molar-refractivity contribution in [2.45, 2.75) is 75.0 Å². The predicted molar refractivity (Wildman–Crippen MR) is 87.1 cm³/mol. The number of unbranched alkanes of at least 4 members (excludes halogenated alkanes) is 3. The van der Waals surface area contributed by atoms with Gasteiger partial charge in [0.15, 0.2) is 9.84 Å². The maximum Gasteiger partial charge on any atom is 0.186 e. The van der Waals surface area contributed by atoms with Crippen LogP contribution in [-0.4, -0.2) is 23.9 Å². The van der Waals surface area contributed by atoms with Crippen LogP contribution in [0, 0.1) is 0 Å². The molecule has 0 fully saturated rings. The normalized spacial score (nSPS) is 15.7. The molecule has 0 spiro atoms. The molecule has 0 aliphatic rings. The molecular weight excluding hydrogens is 284 g/mol. The number of rotatable bonds is 8. The van der Waals surface area contributed by atoms with E-state index in [-0.39, 0.29) is 4.90 Å². The Bertz CT molecular complexity index is 529. The first kappa shape index (κ1) is 18.2. The summed E-state index contributed by atoms with van der Waals surface area (Å²) >= 11 is 0. The van der Waals surface area contributed by atoms with Gasteiger partial charge in [0.2, 0.25) is 0 Å². The lowest BCUT2D eigenvalue weighted by Gasteiger charge is -2.40. The quantitative estimate of drug-likeness (QED) is 0.739. The van der Waals surface area contributed by atoms with Gasteiger partial charge in [0.05, 0.1) is 10.5 Å². The first-order valence-corrected chi connectivity index (χ1v) is 9.17. The summed E-state index contributed by atoms with van der Waals surface area (Å²) in [6, 6.07) is 8.43. The Labute approximate surface area is 129 Å². The average Bonchev–Trinajstić information content (AvgIpc) is 2.43. The average molecular weight is 312 g/mol. The van der Waals surface area contributed by atoms with Crippen LogP contribution in [0.3, 0.4) is 0 Å². The third kappa shape index (κ3) is 3.86.